The van der Waals surface area contributed by atoms with Gasteiger partial charge in [-0.25, -0.2) is 0 Å². The van der Waals surface area contributed by atoms with Crippen LogP contribution in [0.3, 0.4) is 0 Å². The molecule has 0 unspecified atom stereocenters. The van der Waals surface area contributed by atoms with Gasteiger partial charge in [-0.2, -0.15) is 13.2 Å². The summed E-state index contributed by atoms with van der Waals surface area (Å²) in [4.78, 5) is 11.5. The van der Waals surface area contributed by atoms with Crippen molar-refractivity contribution in [3.8, 4) is 11.1 Å². The number of rotatable bonds is 4. The molecule has 0 saturated carbocycles. The quantitative estimate of drug-likeness (QED) is 0.907. The highest BCUT2D eigenvalue weighted by atomic mass is 19.4. The second-order valence-corrected chi connectivity index (χ2v) is 5.20. The maximum absolute atomic E-state index is 12.9. The van der Waals surface area contributed by atoms with Crippen molar-refractivity contribution in [1.29, 1.82) is 0 Å². The summed E-state index contributed by atoms with van der Waals surface area (Å²) >= 11 is 0. The number of hydrogen-bond acceptors (Lipinski definition) is 1. The number of carbonyl (C=O) groups is 1. The lowest BCUT2D eigenvalue weighted by Crippen LogP contribution is -2.34. The van der Waals surface area contributed by atoms with E-state index in [9.17, 15) is 18.0 Å². The minimum absolute atomic E-state index is 0.275. The van der Waals surface area contributed by atoms with Gasteiger partial charge in [-0.3, -0.25) is 4.79 Å². The third-order valence-electron chi connectivity index (χ3n) is 3.70. The highest BCUT2D eigenvalue weighted by Crippen LogP contribution is 2.37. The fourth-order valence-corrected chi connectivity index (χ4v) is 2.40. The van der Waals surface area contributed by atoms with Gasteiger partial charge in [0.15, 0.2) is 0 Å². The molecule has 5 heteroatoms. The van der Waals surface area contributed by atoms with E-state index in [1.807, 2.05) is 30.3 Å². The zero-order valence-electron chi connectivity index (χ0n) is 12.0. The van der Waals surface area contributed by atoms with E-state index in [0.29, 0.717) is 0 Å². The summed E-state index contributed by atoms with van der Waals surface area (Å²) in [5.41, 5.74) is 7.27. The molecule has 2 aromatic carbocycles. The zero-order valence-corrected chi connectivity index (χ0v) is 12.0. The van der Waals surface area contributed by atoms with E-state index in [-0.39, 0.29) is 5.56 Å². The molecule has 0 spiro atoms. The molecule has 2 atom stereocenters. The first-order chi connectivity index (χ1) is 10.3. The maximum Gasteiger partial charge on any atom is 0.392 e. The van der Waals surface area contributed by atoms with E-state index in [1.165, 1.54) is 12.1 Å². The molecule has 0 saturated heterocycles. The average Bonchev–Trinajstić information content (AvgIpc) is 2.48. The van der Waals surface area contributed by atoms with Crippen LogP contribution in [-0.4, -0.2) is 12.1 Å². The van der Waals surface area contributed by atoms with Crippen molar-refractivity contribution in [2.45, 2.75) is 19.0 Å². The SMILES string of the molecule is C[C@H]([C@H](C(N)=O)c1ccc(-c2ccccc2)cc1)C(F)(F)F. The van der Waals surface area contributed by atoms with Gasteiger partial charge in [-0.05, 0) is 16.7 Å². The van der Waals surface area contributed by atoms with Gasteiger partial charge in [0.05, 0.1) is 11.8 Å². The van der Waals surface area contributed by atoms with Gasteiger partial charge in [0.25, 0.3) is 0 Å². The molecule has 2 N–H and O–H groups in total. The van der Waals surface area contributed by atoms with Crippen LogP contribution in [0.15, 0.2) is 54.6 Å². The number of carbonyl (C=O) groups excluding carboxylic acids is 1. The van der Waals surface area contributed by atoms with Crippen LogP contribution in [0.25, 0.3) is 11.1 Å². The predicted molar refractivity (Wildman–Crippen MR) is 79.0 cm³/mol. The lowest BCUT2D eigenvalue weighted by Gasteiger charge is -2.24. The predicted octanol–water partition coefficient (Wildman–Crippen LogP) is 4.12. The molecule has 0 aromatic heterocycles. The van der Waals surface area contributed by atoms with E-state index in [0.717, 1.165) is 18.1 Å². The van der Waals surface area contributed by atoms with Crippen molar-refractivity contribution in [2.75, 3.05) is 0 Å². The van der Waals surface area contributed by atoms with Crippen LogP contribution in [-0.2, 0) is 4.79 Å². The second kappa shape index (κ2) is 6.22. The Morgan fingerprint density at radius 2 is 1.45 bits per heavy atom. The molecule has 22 heavy (non-hydrogen) atoms. The second-order valence-electron chi connectivity index (χ2n) is 5.20. The van der Waals surface area contributed by atoms with Crippen LogP contribution in [0, 0.1) is 5.92 Å². The number of amides is 1. The number of benzene rings is 2. The summed E-state index contributed by atoms with van der Waals surface area (Å²) in [6.45, 7) is 0.973. The topological polar surface area (TPSA) is 43.1 Å². The molecule has 0 aliphatic rings. The van der Waals surface area contributed by atoms with Crippen molar-refractivity contribution in [1.82, 2.24) is 0 Å². The molecule has 0 aliphatic heterocycles. The largest absolute Gasteiger partial charge is 0.392 e. The molecule has 2 aromatic rings. The standard InChI is InChI=1S/C17H16F3NO/c1-11(17(18,19)20)15(16(21)22)14-9-7-13(8-10-14)12-5-3-2-4-6-12/h2-11,15H,1H3,(H2,21,22)/t11-,15+/m1/s1. The first-order valence-corrected chi connectivity index (χ1v) is 6.82. The molecule has 1 amide bonds. The summed E-state index contributed by atoms with van der Waals surface area (Å²) in [5.74, 6) is -4.19. The van der Waals surface area contributed by atoms with Crippen LogP contribution in [0.5, 0.6) is 0 Å². The van der Waals surface area contributed by atoms with Crippen LogP contribution < -0.4 is 5.73 Å². The lowest BCUT2D eigenvalue weighted by molar-refractivity contribution is -0.178. The van der Waals surface area contributed by atoms with Gasteiger partial charge in [0.1, 0.15) is 0 Å². The van der Waals surface area contributed by atoms with Gasteiger partial charge in [0.2, 0.25) is 5.91 Å². The molecular formula is C17H16F3NO. The van der Waals surface area contributed by atoms with Gasteiger partial charge in [-0.15, -0.1) is 0 Å². The van der Waals surface area contributed by atoms with E-state index in [4.69, 9.17) is 5.73 Å². The third kappa shape index (κ3) is 3.47. The molecule has 0 aliphatic carbocycles. The van der Waals surface area contributed by atoms with Crippen molar-refractivity contribution < 1.29 is 18.0 Å². The lowest BCUT2D eigenvalue weighted by atomic mass is 9.85. The first-order valence-electron chi connectivity index (χ1n) is 6.82. The fraction of sp³-hybridized carbons (Fsp3) is 0.235. The van der Waals surface area contributed by atoms with E-state index < -0.39 is 23.9 Å². The Labute approximate surface area is 126 Å². The van der Waals surface area contributed by atoms with Crippen molar-refractivity contribution in [2.24, 2.45) is 11.7 Å². The molecule has 0 radical (unpaired) electrons. The number of hydrogen-bond donors (Lipinski definition) is 1. The van der Waals surface area contributed by atoms with Crippen molar-refractivity contribution in [3.05, 3.63) is 60.2 Å². The Hall–Kier alpha value is -2.30. The van der Waals surface area contributed by atoms with Crippen molar-refractivity contribution in [3.63, 3.8) is 0 Å². The van der Waals surface area contributed by atoms with Crippen LogP contribution in [0.2, 0.25) is 0 Å². The highest BCUT2D eigenvalue weighted by molar-refractivity contribution is 5.82. The van der Waals surface area contributed by atoms with Gasteiger partial charge in [0, 0.05) is 0 Å². The Balaban J connectivity index is 2.33. The molecule has 0 bridgehead atoms. The van der Waals surface area contributed by atoms with Crippen LogP contribution in [0.4, 0.5) is 13.2 Å². The molecule has 2 rings (SSSR count). The highest BCUT2D eigenvalue weighted by Gasteiger charge is 2.44. The Morgan fingerprint density at radius 3 is 1.91 bits per heavy atom. The van der Waals surface area contributed by atoms with Crippen LogP contribution in [0.1, 0.15) is 18.4 Å². The summed E-state index contributed by atoms with van der Waals surface area (Å²) in [5, 5.41) is 0. The summed E-state index contributed by atoms with van der Waals surface area (Å²) in [6.07, 6.45) is -4.47. The number of nitrogens with two attached hydrogens (primary N) is 1. The fourth-order valence-electron chi connectivity index (χ4n) is 2.40. The summed E-state index contributed by atoms with van der Waals surface area (Å²) in [7, 11) is 0. The Bertz CT molecular complexity index is 635. The van der Waals surface area contributed by atoms with Crippen molar-refractivity contribution >= 4 is 5.91 Å². The molecule has 0 heterocycles. The number of halogens is 3. The zero-order chi connectivity index (χ0) is 16.3. The number of alkyl halides is 3. The molecule has 116 valence electrons. The van der Waals surface area contributed by atoms with E-state index >= 15 is 0 Å². The Morgan fingerprint density at radius 1 is 0.955 bits per heavy atom. The molecule has 0 fully saturated rings. The number of primary amides is 1. The monoisotopic (exact) mass is 307 g/mol. The summed E-state index contributed by atoms with van der Waals surface area (Å²) in [6, 6.07) is 15.9. The first kappa shape index (κ1) is 16.1. The van der Waals surface area contributed by atoms with E-state index in [1.54, 1.807) is 12.1 Å². The van der Waals surface area contributed by atoms with Gasteiger partial charge >= 0.3 is 6.18 Å². The third-order valence-corrected chi connectivity index (χ3v) is 3.70. The van der Waals surface area contributed by atoms with Gasteiger partial charge < -0.3 is 5.73 Å². The minimum Gasteiger partial charge on any atom is -0.369 e. The Kier molecular flexibility index (Phi) is 4.54. The maximum atomic E-state index is 12.9. The normalized spacial score (nSPS) is 14.4. The molecule has 2 nitrogen and oxygen atoms in total. The minimum atomic E-state index is -4.47. The van der Waals surface area contributed by atoms with Gasteiger partial charge in [-0.1, -0.05) is 61.5 Å². The smallest absolute Gasteiger partial charge is 0.369 e. The van der Waals surface area contributed by atoms with Crippen LogP contribution >= 0.6 is 0 Å². The summed E-state index contributed by atoms with van der Waals surface area (Å²) < 4.78 is 38.6. The molecular weight excluding hydrogens is 291 g/mol. The van der Waals surface area contributed by atoms with E-state index in [2.05, 4.69) is 0 Å². The average molecular weight is 307 g/mol.